The van der Waals surface area contributed by atoms with E-state index in [0.717, 1.165) is 29.3 Å². The van der Waals surface area contributed by atoms with Gasteiger partial charge in [-0.2, -0.15) is 0 Å². The fourth-order valence-corrected chi connectivity index (χ4v) is 3.38. The monoisotopic (exact) mass is 386 g/mol. The van der Waals surface area contributed by atoms with Crippen molar-refractivity contribution in [3.63, 3.8) is 0 Å². The molecule has 3 aromatic rings. The third-order valence-electron chi connectivity index (χ3n) is 4.79. The van der Waals surface area contributed by atoms with Gasteiger partial charge < -0.3 is 9.88 Å². The predicted molar refractivity (Wildman–Crippen MR) is 105 cm³/mol. The van der Waals surface area contributed by atoms with Gasteiger partial charge in [-0.05, 0) is 47.7 Å². The number of carbonyl (C=O) groups is 1. The van der Waals surface area contributed by atoms with Crippen LogP contribution >= 0.6 is 0 Å². The minimum Gasteiger partial charge on any atom is -0.367 e. The third kappa shape index (κ3) is 3.90. The number of halogens is 2. The summed E-state index contributed by atoms with van der Waals surface area (Å²) in [7, 11) is 0. The Hall–Kier alpha value is -3.83. The summed E-state index contributed by atoms with van der Waals surface area (Å²) in [6.45, 7) is 0.326. The molecule has 1 aliphatic rings. The SMILES string of the molecule is O=C1c2ccccc2CN1C(CC#CC#Cc1cc[nH]c1)c1cc(F)ccc1F. The molecule has 0 spiro atoms. The van der Waals surface area contributed by atoms with Crippen molar-refractivity contribution < 1.29 is 13.6 Å². The van der Waals surface area contributed by atoms with E-state index in [0.29, 0.717) is 12.1 Å². The lowest BCUT2D eigenvalue weighted by molar-refractivity contribution is 0.0701. The molecule has 2 heterocycles. The Labute approximate surface area is 167 Å². The summed E-state index contributed by atoms with van der Waals surface area (Å²) in [5.74, 6) is 9.92. The third-order valence-corrected chi connectivity index (χ3v) is 4.79. The van der Waals surface area contributed by atoms with Gasteiger partial charge >= 0.3 is 0 Å². The maximum atomic E-state index is 14.5. The van der Waals surface area contributed by atoms with Crippen LogP contribution in [0.15, 0.2) is 60.9 Å². The molecule has 0 fully saturated rings. The van der Waals surface area contributed by atoms with Gasteiger partial charge in [0, 0.05) is 42.0 Å². The van der Waals surface area contributed by atoms with Crippen LogP contribution in [0.1, 0.15) is 39.5 Å². The molecule has 0 saturated heterocycles. The first-order chi connectivity index (χ1) is 14.1. The Morgan fingerprint density at radius 2 is 1.97 bits per heavy atom. The number of hydrogen-bond acceptors (Lipinski definition) is 1. The first kappa shape index (κ1) is 18.5. The fourth-order valence-electron chi connectivity index (χ4n) is 3.38. The average molecular weight is 386 g/mol. The van der Waals surface area contributed by atoms with E-state index in [1.807, 2.05) is 18.2 Å². The molecule has 1 aromatic heterocycles. The van der Waals surface area contributed by atoms with Crippen LogP contribution in [-0.2, 0) is 6.54 Å². The zero-order valence-electron chi connectivity index (χ0n) is 15.4. The number of fused-ring (bicyclic) bond motifs is 1. The molecule has 3 nitrogen and oxygen atoms in total. The first-order valence-corrected chi connectivity index (χ1v) is 9.09. The van der Waals surface area contributed by atoms with Crippen LogP contribution < -0.4 is 0 Å². The van der Waals surface area contributed by atoms with Crippen LogP contribution in [0.4, 0.5) is 8.78 Å². The minimum absolute atomic E-state index is 0.110. The number of carbonyl (C=O) groups excluding carboxylic acids is 1. The molecule has 1 unspecified atom stereocenters. The smallest absolute Gasteiger partial charge is 0.255 e. The predicted octanol–water partition coefficient (Wildman–Crippen LogP) is 4.44. The van der Waals surface area contributed by atoms with E-state index in [4.69, 9.17) is 0 Å². The van der Waals surface area contributed by atoms with E-state index in [2.05, 4.69) is 28.7 Å². The molecule has 2 aromatic carbocycles. The molecular weight excluding hydrogens is 370 g/mol. The Morgan fingerprint density at radius 3 is 2.76 bits per heavy atom. The summed E-state index contributed by atoms with van der Waals surface area (Å²) in [4.78, 5) is 17.3. The topological polar surface area (TPSA) is 36.1 Å². The van der Waals surface area contributed by atoms with Gasteiger partial charge in [0.25, 0.3) is 5.91 Å². The summed E-state index contributed by atoms with van der Waals surface area (Å²) in [6, 6.07) is 11.6. The molecule has 29 heavy (non-hydrogen) atoms. The molecule has 1 aliphatic heterocycles. The lowest BCUT2D eigenvalue weighted by Crippen LogP contribution is -2.29. The molecular formula is C24H16F2N2O. The number of benzene rings is 2. The molecule has 0 bridgehead atoms. The zero-order chi connectivity index (χ0) is 20.2. The molecule has 1 N–H and O–H groups in total. The summed E-state index contributed by atoms with van der Waals surface area (Å²) >= 11 is 0. The van der Waals surface area contributed by atoms with Crippen molar-refractivity contribution in [1.29, 1.82) is 0 Å². The van der Waals surface area contributed by atoms with Crippen molar-refractivity contribution in [2.75, 3.05) is 0 Å². The number of hydrogen-bond donors (Lipinski definition) is 1. The van der Waals surface area contributed by atoms with Gasteiger partial charge in [-0.25, -0.2) is 8.78 Å². The first-order valence-electron chi connectivity index (χ1n) is 9.09. The maximum absolute atomic E-state index is 14.5. The van der Waals surface area contributed by atoms with Crippen molar-refractivity contribution >= 4 is 5.91 Å². The molecule has 142 valence electrons. The van der Waals surface area contributed by atoms with Gasteiger partial charge in [0.05, 0.1) is 6.04 Å². The van der Waals surface area contributed by atoms with Crippen LogP contribution in [-0.4, -0.2) is 15.8 Å². The molecule has 5 heteroatoms. The van der Waals surface area contributed by atoms with Gasteiger partial charge in [0.1, 0.15) is 11.6 Å². The normalized spacial score (nSPS) is 13.2. The summed E-state index contributed by atoms with van der Waals surface area (Å²) in [5, 5.41) is 0. The molecule has 1 atom stereocenters. The number of aromatic amines is 1. The van der Waals surface area contributed by atoms with Crippen molar-refractivity contribution in [1.82, 2.24) is 9.88 Å². The number of aromatic nitrogens is 1. The van der Waals surface area contributed by atoms with Crippen LogP contribution in [0.3, 0.4) is 0 Å². The second-order valence-corrected chi connectivity index (χ2v) is 6.63. The van der Waals surface area contributed by atoms with E-state index >= 15 is 0 Å². The van der Waals surface area contributed by atoms with Crippen LogP contribution in [0.2, 0.25) is 0 Å². The zero-order valence-corrected chi connectivity index (χ0v) is 15.4. The van der Waals surface area contributed by atoms with Gasteiger partial charge in [-0.3, -0.25) is 4.79 Å². The number of amides is 1. The summed E-state index contributed by atoms with van der Waals surface area (Å²) in [6.07, 6.45) is 3.65. The van der Waals surface area contributed by atoms with E-state index < -0.39 is 17.7 Å². The Kier molecular flexibility index (Phi) is 5.14. The highest BCUT2D eigenvalue weighted by Crippen LogP contribution is 2.34. The largest absolute Gasteiger partial charge is 0.367 e. The van der Waals surface area contributed by atoms with E-state index in [1.54, 1.807) is 24.5 Å². The maximum Gasteiger partial charge on any atom is 0.255 e. The highest BCUT2D eigenvalue weighted by atomic mass is 19.1. The molecule has 1 amide bonds. The summed E-state index contributed by atoms with van der Waals surface area (Å²) in [5.41, 5.74) is 2.35. The van der Waals surface area contributed by atoms with Crippen LogP contribution in [0.25, 0.3) is 0 Å². The highest BCUT2D eigenvalue weighted by molar-refractivity contribution is 5.98. The Morgan fingerprint density at radius 1 is 1.10 bits per heavy atom. The highest BCUT2D eigenvalue weighted by Gasteiger charge is 2.34. The van der Waals surface area contributed by atoms with Crippen LogP contribution in [0, 0.1) is 35.3 Å². The minimum atomic E-state index is -0.716. The Balaban J connectivity index is 1.64. The average Bonchev–Trinajstić information content (AvgIpc) is 3.35. The molecule has 0 saturated carbocycles. The van der Waals surface area contributed by atoms with Gasteiger partial charge in [-0.1, -0.05) is 30.0 Å². The second-order valence-electron chi connectivity index (χ2n) is 6.63. The van der Waals surface area contributed by atoms with Crippen molar-refractivity contribution in [2.45, 2.75) is 19.0 Å². The second kappa shape index (κ2) is 8.04. The van der Waals surface area contributed by atoms with Gasteiger partial charge in [0.15, 0.2) is 0 Å². The number of nitrogens with zero attached hydrogens (tertiary/aromatic N) is 1. The van der Waals surface area contributed by atoms with Gasteiger partial charge in [0.2, 0.25) is 0 Å². The van der Waals surface area contributed by atoms with Crippen LogP contribution in [0.5, 0.6) is 0 Å². The molecule has 0 aliphatic carbocycles. The quantitative estimate of drug-likeness (QED) is 0.664. The van der Waals surface area contributed by atoms with E-state index in [1.165, 1.54) is 4.90 Å². The number of H-pyrrole nitrogens is 1. The molecule has 4 rings (SSSR count). The number of nitrogens with one attached hydrogen (secondary N) is 1. The van der Waals surface area contributed by atoms with Crippen molar-refractivity contribution in [2.24, 2.45) is 0 Å². The summed E-state index contributed by atoms with van der Waals surface area (Å²) < 4.78 is 28.3. The van der Waals surface area contributed by atoms with Crippen molar-refractivity contribution in [3.8, 4) is 23.7 Å². The van der Waals surface area contributed by atoms with E-state index in [-0.39, 0.29) is 17.9 Å². The van der Waals surface area contributed by atoms with E-state index in [9.17, 15) is 13.6 Å². The fraction of sp³-hybridized carbons (Fsp3) is 0.125. The lowest BCUT2D eigenvalue weighted by Gasteiger charge is -2.27. The molecule has 0 radical (unpaired) electrons. The standard InChI is InChI=1S/C24H16F2N2O/c25-19-10-11-22(26)21(14-19)23(9-3-1-2-6-17-12-13-27-15-17)28-16-18-7-4-5-8-20(18)24(28)29/h4-5,7-8,10-15,23,27H,9,16H2. The van der Waals surface area contributed by atoms with Gasteiger partial charge in [-0.15, -0.1) is 0 Å². The Bertz CT molecular complexity index is 1180. The number of rotatable bonds is 3. The lowest BCUT2D eigenvalue weighted by atomic mass is 10.0. The van der Waals surface area contributed by atoms with Crippen molar-refractivity contribution in [3.05, 3.63) is 94.8 Å².